The van der Waals surface area contributed by atoms with Crippen molar-refractivity contribution in [3.8, 4) is 0 Å². The molecule has 0 aliphatic carbocycles. The first-order valence-corrected chi connectivity index (χ1v) is 4.99. The Kier molecular flexibility index (Phi) is 4.40. The van der Waals surface area contributed by atoms with Gasteiger partial charge in [0.15, 0.2) is 0 Å². The molecule has 0 aromatic carbocycles. The molecule has 0 N–H and O–H groups in total. The fourth-order valence-electron chi connectivity index (χ4n) is 1.42. The van der Waals surface area contributed by atoms with Crippen molar-refractivity contribution in [1.82, 2.24) is 9.80 Å². The molecule has 0 aromatic rings. The Bertz CT molecular complexity index is 235. The number of likely N-dealkylation sites (N-methyl/N-ethyl adjacent to an activating group) is 1. The third kappa shape index (κ3) is 3.34. The van der Waals surface area contributed by atoms with Crippen LogP contribution in [0.2, 0.25) is 0 Å². The second-order valence-corrected chi connectivity index (χ2v) is 3.54. The molecule has 3 nitrogen and oxygen atoms in total. The maximum absolute atomic E-state index is 4.33. The molecule has 0 aromatic heterocycles. The Hall–Kier alpha value is -1.09. The molecule has 1 aliphatic rings. The smallest absolute Gasteiger partial charge is 0.101 e. The summed E-state index contributed by atoms with van der Waals surface area (Å²) in [5.74, 6) is 1.09. The van der Waals surface area contributed by atoms with Crippen molar-refractivity contribution < 1.29 is 0 Å². The Labute approximate surface area is 86.4 Å². The number of aliphatic imine (C=N–C) groups is 1. The van der Waals surface area contributed by atoms with E-state index in [1.54, 1.807) is 12.3 Å². The van der Waals surface area contributed by atoms with Gasteiger partial charge in [0.1, 0.15) is 5.84 Å². The molecule has 0 unspecified atom stereocenters. The van der Waals surface area contributed by atoms with E-state index in [4.69, 9.17) is 0 Å². The number of amidine groups is 1. The van der Waals surface area contributed by atoms with Crippen LogP contribution in [0.1, 0.15) is 6.92 Å². The van der Waals surface area contributed by atoms with Crippen LogP contribution >= 0.6 is 0 Å². The summed E-state index contributed by atoms with van der Waals surface area (Å²) in [5.41, 5.74) is 0. The van der Waals surface area contributed by atoms with E-state index in [0.29, 0.717) is 0 Å². The molecule has 0 bridgehead atoms. The maximum Gasteiger partial charge on any atom is 0.101 e. The third-order valence-corrected chi connectivity index (χ3v) is 2.44. The van der Waals surface area contributed by atoms with Crippen LogP contribution in [0, 0.1) is 0 Å². The van der Waals surface area contributed by atoms with Crippen LogP contribution in [0.15, 0.2) is 29.9 Å². The van der Waals surface area contributed by atoms with Crippen LogP contribution in [-0.4, -0.2) is 48.9 Å². The van der Waals surface area contributed by atoms with Gasteiger partial charge in [-0.3, -0.25) is 0 Å². The van der Waals surface area contributed by atoms with Gasteiger partial charge < -0.3 is 9.80 Å². The van der Waals surface area contributed by atoms with Crippen LogP contribution in [0.4, 0.5) is 0 Å². The lowest BCUT2D eigenvalue weighted by Gasteiger charge is -2.33. The van der Waals surface area contributed by atoms with Gasteiger partial charge in [-0.2, -0.15) is 0 Å². The summed E-state index contributed by atoms with van der Waals surface area (Å²) in [5, 5.41) is 0. The average Bonchev–Trinajstić information content (AvgIpc) is 2.19. The first-order valence-electron chi connectivity index (χ1n) is 4.99. The normalized spacial score (nSPS) is 20.4. The summed E-state index contributed by atoms with van der Waals surface area (Å²) in [6, 6.07) is 0. The van der Waals surface area contributed by atoms with Crippen LogP contribution in [0.3, 0.4) is 0 Å². The van der Waals surface area contributed by atoms with E-state index in [9.17, 15) is 0 Å². The van der Waals surface area contributed by atoms with Gasteiger partial charge >= 0.3 is 0 Å². The standard InChI is InChI=1S/C11H19N3/c1-4-5-6-12-11(2)14-9-7-13(3)8-10-14/h4-6H,1,7-10H2,2-3H3/b6-5-,12-11?. The lowest BCUT2D eigenvalue weighted by Crippen LogP contribution is -2.46. The molecular weight excluding hydrogens is 174 g/mol. The number of rotatable bonds is 2. The highest BCUT2D eigenvalue weighted by molar-refractivity contribution is 5.80. The summed E-state index contributed by atoms with van der Waals surface area (Å²) in [7, 11) is 2.15. The van der Waals surface area contributed by atoms with E-state index >= 15 is 0 Å². The minimum Gasteiger partial charge on any atom is -0.358 e. The summed E-state index contributed by atoms with van der Waals surface area (Å²) in [4.78, 5) is 8.98. The van der Waals surface area contributed by atoms with Crippen molar-refractivity contribution >= 4 is 5.84 Å². The van der Waals surface area contributed by atoms with Gasteiger partial charge in [0.05, 0.1) is 0 Å². The van der Waals surface area contributed by atoms with Gasteiger partial charge in [-0.1, -0.05) is 12.7 Å². The van der Waals surface area contributed by atoms with Gasteiger partial charge in [0, 0.05) is 32.4 Å². The SMILES string of the molecule is C=C/C=C\N=C(C)N1CCN(C)CC1. The predicted molar refractivity (Wildman–Crippen MR) is 61.5 cm³/mol. The van der Waals surface area contributed by atoms with Crippen molar-refractivity contribution in [3.63, 3.8) is 0 Å². The molecule has 0 amide bonds. The Balaban J connectivity index is 2.44. The number of piperazine rings is 1. The van der Waals surface area contributed by atoms with E-state index in [1.807, 2.05) is 6.08 Å². The maximum atomic E-state index is 4.33. The van der Waals surface area contributed by atoms with Crippen LogP contribution in [0.25, 0.3) is 0 Å². The monoisotopic (exact) mass is 193 g/mol. The molecule has 0 spiro atoms. The minimum absolute atomic E-state index is 1.08. The third-order valence-electron chi connectivity index (χ3n) is 2.44. The summed E-state index contributed by atoms with van der Waals surface area (Å²) >= 11 is 0. The van der Waals surface area contributed by atoms with E-state index < -0.39 is 0 Å². The molecule has 1 aliphatic heterocycles. The fourth-order valence-corrected chi connectivity index (χ4v) is 1.42. The first-order chi connectivity index (χ1) is 6.74. The molecular formula is C11H19N3. The topological polar surface area (TPSA) is 18.8 Å². The van der Waals surface area contributed by atoms with E-state index in [2.05, 4.69) is 35.3 Å². The fraction of sp³-hybridized carbons (Fsp3) is 0.545. The molecule has 0 radical (unpaired) electrons. The molecule has 1 saturated heterocycles. The number of allylic oxidation sites excluding steroid dienone is 2. The van der Waals surface area contributed by atoms with E-state index in [0.717, 1.165) is 32.0 Å². The van der Waals surface area contributed by atoms with Crippen LogP contribution in [0.5, 0.6) is 0 Å². The van der Waals surface area contributed by atoms with E-state index in [1.165, 1.54) is 0 Å². The summed E-state index contributed by atoms with van der Waals surface area (Å²) in [6.45, 7) is 10.1. The highest BCUT2D eigenvalue weighted by Gasteiger charge is 2.13. The van der Waals surface area contributed by atoms with Gasteiger partial charge in [0.2, 0.25) is 0 Å². The zero-order valence-corrected chi connectivity index (χ0v) is 9.11. The van der Waals surface area contributed by atoms with Crippen molar-refractivity contribution in [1.29, 1.82) is 0 Å². The van der Waals surface area contributed by atoms with Crippen molar-refractivity contribution in [3.05, 3.63) is 24.9 Å². The zero-order chi connectivity index (χ0) is 10.4. The zero-order valence-electron chi connectivity index (χ0n) is 9.11. The van der Waals surface area contributed by atoms with Gasteiger partial charge in [-0.05, 0) is 20.0 Å². The molecule has 0 atom stereocenters. The molecule has 14 heavy (non-hydrogen) atoms. The lowest BCUT2D eigenvalue weighted by atomic mass is 10.3. The molecule has 1 fully saturated rings. The average molecular weight is 193 g/mol. The summed E-state index contributed by atoms with van der Waals surface area (Å²) in [6.07, 6.45) is 5.38. The molecule has 1 heterocycles. The van der Waals surface area contributed by atoms with Crippen LogP contribution in [-0.2, 0) is 0 Å². The van der Waals surface area contributed by atoms with Crippen molar-refractivity contribution in [2.45, 2.75) is 6.92 Å². The van der Waals surface area contributed by atoms with Crippen molar-refractivity contribution in [2.75, 3.05) is 33.2 Å². The Morgan fingerprint density at radius 3 is 2.50 bits per heavy atom. The summed E-state index contributed by atoms with van der Waals surface area (Å²) < 4.78 is 0. The number of hydrogen-bond acceptors (Lipinski definition) is 2. The Morgan fingerprint density at radius 1 is 1.29 bits per heavy atom. The molecule has 0 saturated carbocycles. The predicted octanol–water partition coefficient (Wildman–Crippen LogP) is 1.35. The first kappa shape index (κ1) is 11.0. The molecule has 1 rings (SSSR count). The highest BCUT2D eigenvalue weighted by atomic mass is 15.3. The van der Waals surface area contributed by atoms with Crippen molar-refractivity contribution in [2.24, 2.45) is 4.99 Å². The highest BCUT2D eigenvalue weighted by Crippen LogP contribution is 2.00. The van der Waals surface area contributed by atoms with Gasteiger partial charge in [-0.15, -0.1) is 0 Å². The quantitative estimate of drug-likeness (QED) is 0.374. The largest absolute Gasteiger partial charge is 0.358 e. The minimum atomic E-state index is 1.08. The number of nitrogens with zero attached hydrogens (tertiary/aromatic N) is 3. The molecule has 78 valence electrons. The lowest BCUT2D eigenvalue weighted by molar-refractivity contribution is 0.215. The second kappa shape index (κ2) is 5.60. The second-order valence-electron chi connectivity index (χ2n) is 3.54. The van der Waals surface area contributed by atoms with Gasteiger partial charge in [-0.25, -0.2) is 4.99 Å². The van der Waals surface area contributed by atoms with E-state index in [-0.39, 0.29) is 0 Å². The molecule has 3 heteroatoms. The van der Waals surface area contributed by atoms with Gasteiger partial charge in [0.25, 0.3) is 0 Å². The number of hydrogen-bond donors (Lipinski definition) is 0. The van der Waals surface area contributed by atoms with Crippen LogP contribution < -0.4 is 0 Å². The Morgan fingerprint density at radius 2 is 1.93 bits per heavy atom.